The van der Waals surface area contributed by atoms with E-state index in [1.54, 1.807) is 24.3 Å². The van der Waals surface area contributed by atoms with Gasteiger partial charge < -0.3 is 0 Å². The number of nitro groups is 1. The molecule has 3 rings (SSSR count). The van der Waals surface area contributed by atoms with E-state index in [1.165, 1.54) is 18.3 Å². The fraction of sp³-hybridized carbons (Fsp3) is 0.0714. The van der Waals surface area contributed by atoms with Crippen LogP contribution < -0.4 is 0 Å². The number of benzene rings is 1. The molecule has 1 aliphatic rings. The fourth-order valence-electron chi connectivity index (χ4n) is 2.21. The number of carbonyl (C=O) groups excluding carboxylic acids is 2. The van der Waals surface area contributed by atoms with Gasteiger partial charge in [-0.25, -0.2) is 0 Å². The summed E-state index contributed by atoms with van der Waals surface area (Å²) in [5.74, 6) is -0.826. The van der Waals surface area contributed by atoms with Crippen LogP contribution in [0.4, 0.5) is 5.69 Å². The Balaban J connectivity index is 1.90. The van der Waals surface area contributed by atoms with E-state index in [9.17, 15) is 19.7 Å². The lowest BCUT2D eigenvalue weighted by Crippen LogP contribution is -2.29. The van der Waals surface area contributed by atoms with Gasteiger partial charge in [0, 0.05) is 18.3 Å². The number of hydrogen-bond donors (Lipinski definition) is 0. The molecule has 0 bridgehead atoms. The number of aromatic nitrogens is 1. The van der Waals surface area contributed by atoms with Crippen LogP contribution in [0.15, 0.2) is 42.6 Å². The Hall–Kier alpha value is -3.09. The molecule has 7 nitrogen and oxygen atoms in total. The summed E-state index contributed by atoms with van der Waals surface area (Å²) in [5.41, 5.74) is 0.844. The second-order valence-corrected chi connectivity index (χ2v) is 4.50. The second-order valence-electron chi connectivity index (χ2n) is 4.50. The summed E-state index contributed by atoms with van der Waals surface area (Å²) < 4.78 is 0. The predicted octanol–water partition coefficient (Wildman–Crippen LogP) is 1.79. The molecule has 2 aromatic rings. The lowest BCUT2D eigenvalue weighted by atomic mass is 10.1. The highest BCUT2D eigenvalue weighted by atomic mass is 16.6. The number of pyridine rings is 1. The van der Waals surface area contributed by atoms with Crippen LogP contribution in [0, 0.1) is 10.1 Å². The smallest absolute Gasteiger partial charge is 0.269 e. The van der Waals surface area contributed by atoms with Gasteiger partial charge in [-0.3, -0.25) is 29.6 Å². The Morgan fingerprint density at radius 3 is 2.29 bits per heavy atom. The van der Waals surface area contributed by atoms with E-state index in [1.807, 2.05) is 0 Å². The summed E-state index contributed by atoms with van der Waals surface area (Å²) in [4.78, 5) is 39.5. The molecular formula is C14H9N3O4. The van der Waals surface area contributed by atoms with Gasteiger partial charge in [-0.05, 0) is 12.1 Å². The Labute approximate surface area is 119 Å². The maximum atomic E-state index is 12.2. The average Bonchev–Trinajstić information content (AvgIpc) is 2.73. The van der Waals surface area contributed by atoms with E-state index >= 15 is 0 Å². The van der Waals surface area contributed by atoms with Crippen molar-refractivity contribution in [2.24, 2.45) is 0 Å². The summed E-state index contributed by atoms with van der Waals surface area (Å²) >= 11 is 0. The van der Waals surface area contributed by atoms with Gasteiger partial charge in [0.25, 0.3) is 17.5 Å². The van der Waals surface area contributed by atoms with Crippen molar-refractivity contribution >= 4 is 17.5 Å². The molecule has 0 unspecified atom stereocenters. The van der Waals surface area contributed by atoms with Gasteiger partial charge in [-0.1, -0.05) is 12.1 Å². The van der Waals surface area contributed by atoms with E-state index < -0.39 is 16.7 Å². The zero-order valence-corrected chi connectivity index (χ0v) is 10.7. The van der Waals surface area contributed by atoms with Gasteiger partial charge in [0.15, 0.2) is 0 Å². The van der Waals surface area contributed by atoms with Gasteiger partial charge in [0.2, 0.25) is 0 Å². The first kappa shape index (κ1) is 12.9. The van der Waals surface area contributed by atoms with E-state index in [2.05, 4.69) is 4.98 Å². The number of nitrogens with zero attached hydrogens (tertiary/aromatic N) is 3. The van der Waals surface area contributed by atoms with Gasteiger partial charge >= 0.3 is 0 Å². The maximum Gasteiger partial charge on any atom is 0.272 e. The highest BCUT2D eigenvalue weighted by Crippen LogP contribution is 2.24. The molecule has 1 aromatic heterocycles. The van der Waals surface area contributed by atoms with E-state index in [-0.39, 0.29) is 12.2 Å². The Morgan fingerprint density at radius 2 is 1.71 bits per heavy atom. The van der Waals surface area contributed by atoms with Crippen LogP contribution in [0.2, 0.25) is 0 Å². The van der Waals surface area contributed by atoms with Crippen molar-refractivity contribution < 1.29 is 14.5 Å². The summed E-state index contributed by atoms with van der Waals surface area (Å²) in [7, 11) is 0. The number of fused-ring (bicyclic) bond motifs is 1. The molecule has 0 aliphatic carbocycles. The van der Waals surface area contributed by atoms with Crippen LogP contribution >= 0.6 is 0 Å². The molecule has 0 spiro atoms. The first-order chi connectivity index (χ1) is 10.1. The molecule has 0 N–H and O–H groups in total. The van der Waals surface area contributed by atoms with Crippen molar-refractivity contribution in [2.45, 2.75) is 6.54 Å². The molecule has 0 saturated carbocycles. The summed E-state index contributed by atoms with van der Waals surface area (Å²) in [6, 6.07) is 9.03. The van der Waals surface area contributed by atoms with Gasteiger partial charge in [0.05, 0.1) is 28.3 Å². The monoisotopic (exact) mass is 283 g/mol. The number of rotatable bonds is 3. The van der Waals surface area contributed by atoms with Crippen molar-refractivity contribution in [3.63, 3.8) is 0 Å². The maximum absolute atomic E-state index is 12.2. The number of hydrogen-bond acceptors (Lipinski definition) is 5. The minimum Gasteiger partial charge on any atom is -0.269 e. The van der Waals surface area contributed by atoms with Crippen molar-refractivity contribution in [1.82, 2.24) is 9.88 Å². The number of imide groups is 1. The molecule has 7 heteroatoms. The molecular weight excluding hydrogens is 274 g/mol. The third-order valence-electron chi connectivity index (χ3n) is 3.21. The van der Waals surface area contributed by atoms with Crippen molar-refractivity contribution in [1.29, 1.82) is 0 Å². The Kier molecular flexibility index (Phi) is 2.94. The quantitative estimate of drug-likeness (QED) is 0.486. The lowest BCUT2D eigenvalue weighted by Gasteiger charge is -2.12. The first-order valence-corrected chi connectivity index (χ1v) is 6.12. The van der Waals surface area contributed by atoms with Crippen LogP contribution in [-0.2, 0) is 6.54 Å². The third kappa shape index (κ3) is 2.14. The van der Waals surface area contributed by atoms with E-state index in [0.717, 1.165) is 4.90 Å². The molecule has 2 heterocycles. The SMILES string of the molecule is O=C1c2ccccc2C(=O)N1Cc1cc([N+](=O)[O-])ccn1. The average molecular weight is 283 g/mol. The first-order valence-electron chi connectivity index (χ1n) is 6.12. The number of carbonyl (C=O) groups is 2. The molecule has 2 amide bonds. The van der Waals surface area contributed by atoms with Crippen LogP contribution in [0.5, 0.6) is 0 Å². The van der Waals surface area contributed by atoms with E-state index in [0.29, 0.717) is 16.8 Å². The van der Waals surface area contributed by atoms with E-state index in [4.69, 9.17) is 0 Å². The van der Waals surface area contributed by atoms with Crippen LogP contribution in [0.1, 0.15) is 26.4 Å². The largest absolute Gasteiger partial charge is 0.272 e. The standard InChI is InChI=1S/C14H9N3O4/c18-13-11-3-1-2-4-12(11)14(19)16(13)8-9-7-10(17(20)21)5-6-15-9/h1-7H,8H2. The van der Waals surface area contributed by atoms with Crippen LogP contribution in [0.3, 0.4) is 0 Å². The van der Waals surface area contributed by atoms with Crippen molar-refractivity contribution in [3.8, 4) is 0 Å². The molecule has 0 saturated heterocycles. The molecule has 1 aliphatic heterocycles. The van der Waals surface area contributed by atoms with Crippen molar-refractivity contribution in [3.05, 3.63) is 69.5 Å². The topological polar surface area (TPSA) is 93.4 Å². The number of amides is 2. The van der Waals surface area contributed by atoms with Crippen LogP contribution in [-0.4, -0.2) is 26.6 Å². The van der Waals surface area contributed by atoms with Gasteiger partial charge in [-0.15, -0.1) is 0 Å². The fourth-order valence-corrected chi connectivity index (χ4v) is 2.21. The molecule has 104 valence electrons. The second kappa shape index (κ2) is 4.78. The Morgan fingerprint density at radius 1 is 1.10 bits per heavy atom. The normalized spacial score (nSPS) is 13.4. The molecule has 0 atom stereocenters. The zero-order chi connectivity index (χ0) is 15.0. The van der Waals surface area contributed by atoms with Crippen molar-refractivity contribution in [2.75, 3.05) is 0 Å². The summed E-state index contributed by atoms with van der Waals surface area (Å²) in [5, 5.41) is 10.7. The van der Waals surface area contributed by atoms with Gasteiger partial charge in [0.1, 0.15) is 0 Å². The minimum absolute atomic E-state index is 0.0893. The molecule has 0 fully saturated rings. The Bertz CT molecular complexity index is 737. The zero-order valence-electron chi connectivity index (χ0n) is 10.7. The molecule has 21 heavy (non-hydrogen) atoms. The highest BCUT2D eigenvalue weighted by Gasteiger charge is 2.35. The predicted molar refractivity (Wildman–Crippen MR) is 71.5 cm³/mol. The minimum atomic E-state index is -0.548. The van der Waals surface area contributed by atoms with Gasteiger partial charge in [-0.2, -0.15) is 0 Å². The third-order valence-corrected chi connectivity index (χ3v) is 3.21. The summed E-state index contributed by atoms with van der Waals surface area (Å²) in [6.45, 7) is -0.0893. The van der Waals surface area contributed by atoms with Crippen LogP contribution in [0.25, 0.3) is 0 Å². The highest BCUT2D eigenvalue weighted by molar-refractivity contribution is 6.21. The summed E-state index contributed by atoms with van der Waals surface area (Å²) in [6.07, 6.45) is 1.28. The molecule has 1 aromatic carbocycles. The lowest BCUT2D eigenvalue weighted by molar-refractivity contribution is -0.385. The molecule has 0 radical (unpaired) electrons.